The monoisotopic (exact) mass is 281 g/mol. The zero-order chi connectivity index (χ0) is 15.0. The SMILES string of the molecule is COCC(=O)N1CCC(NCC(C)(C)CCC#N)CC1. The second kappa shape index (κ2) is 8.23. The van der Waals surface area contributed by atoms with Gasteiger partial charge in [-0.15, -0.1) is 0 Å². The van der Waals surface area contributed by atoms with Crippen LogP contribution in [0.5, 0.6) is 0 Å². The molecule has 0 aliphatic carbocycles. The van der Waals surface area contributed by atoms with Crippen LogP contribution in [0, 0.1) is 16.7 Å². The van der Waals surface area contributed by atoms with Crippen molar-refractivity contribution < 1.29 is 9.53 Å². The van der Waals surface area contributed by atoms with Crippen molar-refractivity contribution in [1.29, 1.82) is 5.26 Å². The molecular formula is C15H27N3O2. The van der Waals surface area contributed by atoms with E-state index >= 15 is 0 Å². The van der Waals surface area contributed by atoms with E-state index in [0.29, 0.717) is 12.5 Å². The van der Waals surface area contributed by atoms with Gasteiger partial charge in [-0.1, -0.05) is 13.8 Å². The highest BCUT2D eigenvalue weighted by molar-refractivity contribution is 5.77. The van der Waals surface area contributed by atoms with Crippen molar-refractivity contribution in [2.75, 3.05) is 33.4 Å². The zero-order valence-electron chi connectivity index (χ0n) is 12.9. The van der Waals surface area contributed by atoms with Gasteiger partial charge in [0.25, 0.3) is 0 Å². The summed E-state index contributed by atoms with van der Waals surface area (Å²) in [5, 5.41) is 12.2. The smallest absolute Gasteiger partial charge is 0.248 e. The van der Waals surface area contributed by atoms with Crippen molar-refractivity contribution in [3.05, 3.63) is 0 Å². The first kappa shape index (κ1) is 16.9. The summed E-state index contributed by atoms with van der Waals surface area (Å²) in [7, 11) is 1.55. The number of hydrogen-bond donors (Lipinski definition) is 1. The molecule has 0 unspecified atom stereocenters. The molecule has 20 heavy (non-hydrogen) atoms. The molecule has 0 aromatic heterocycles. The van der Waals surface area contributed by atoms with Gasteiger partial charge in [0.2, 0.25) is 5.91 Å². The van der Waals surface area contributed by atoms with Crippen molar-refractivity contribution in [1.82, 2.24) is 10.2 Å². The highest BCUT2D eigenvalue weighted by atomic mass is 16.5. The maximum atomic E-state index is 11.7. The molecular weight excluding hydrogens is 254 g/mol. The van der Waals surface area contributed by atoms with Crippen LogP contribution < -0.4 is 5.32 Å². The van der Waals surface area contributed by atoms with E-state index in [1.165, 1.54) is 0 Å². The predicted octanol–water partition coefficient (Wildman–Crippen LogP) is 1.54. The van der Waals surface area contributed by atoms with Crippen LogP contribution in [-0.2, 0) is 9.53 Å². The number of nitrogens with zero attached hydrogens (tertiary/aromatic N) is 2. The standard InChI is InChI=1S/C15H27N3O2/c1-15(2,7-4-8-16)12-17-13-5-9-18(10-6-13)14(19)11-20-3/h13,17H,4-7,9-12H2,1-3H3. The normalized spacial score (nSPS) is 17.0. The van der Waals surface area contributed by atoms with Gasteiger partial charge >= 0.3 is 0 Å². The summed E-state index contributed by atoms with van der Waals surface area (Å²) in [6, 6.07) is 2.68. The van der Waals surface area contributed by atoms with Crippen molar-refractivity contribution >= 4 is 5.91 Å². The van der Waals surface area contributed by atoms with Crippen LogP contribution in [0.15, 0.2) is 0 Å². The highest BCUT2D eigenvalue weighted by Gasteiger charge is 2.24. The lowest BCUT2D eigenvalue weighted by Gasteiger charge is -2.34. The van der Waals surface area contributed by atoms with Crippen molar-refractivity contribution in [3.63, 3.8) is 0 Å². The Labute approximate surface area is 122 Å². The molecule has 1 amide bonds. The lowest BCUT2D eigenvalue weighted by Crippen LogP contribution is -2.47. The molecule has 0 spiro atoms. The summed E-state index contributed by atoms with van der Waals surface area (Å²) in [5.41, 5.74) is 0.152. The molecule has 1 heterocycles. The van der Waals surface area contributed by atoms with E-state index in [1.807, 2.05) is 4.90 Å². The summed E-state index contributed by atoms with van der Waals surface area (Å²) in [6.45, 7) is 7.09. The molecule has 0 radical (unpaired) electrons. The van der Waals surface area contributed by atoms with Crippen LogP contribution in [0.3, 0.4) is 0 Å². The molecule has 0 atom stereocenters. The average molecular weight is 281 g/mol. The van der Waals surface area contributed by atoms with Gasteiger partial charge in [0.15, 0.2) is 0 Å². The Morgan fingerprint density at radius 2 is 2.10 bits per heavy atom. The minimum Gasteiger partial charge on any atom is -0.375 e. The van der Waals surface area contributed by atoms with Crippen LogP contribution >= 0.6 is 0 Å². The molecule has 0 bridgehead atoms. The fourth-order valence-corrected chi connectivity index (χ4v) is 2.45. The largest absolute Gasteiger partial charge is 0.375 e. The maximum absolute atomic E-state index is 11.7. The molecule has 0 aromatic carbocycles. The van der Waals surface area contributed by atoms with Crippen LogP contribution in [0.2, 0.25) is 0 Å². The summed E-state index contributed by atoms with van der Waals surface area (Å²) < 4.78 is 4.88. The van der Waals surface area contributed by atoms with Gasteiger partial charge in [-0.05, 0) is 24.7 Å². The molecule has 0 saturated carbocycles. The quantitative estimate of drug-likeness (QED) is 0.769. The average Bonchev–Trinajstić information content (AvgIpc) is 2.44. The minimum absolute atomic E-state index is 0.0836. The van der Waals surface area contributed by atoms with E-state index in [1.54, 1.807) is 7.11 Å². The number of nitriles is 1. The molecule has 5 heteroatoms. The van der Waals surface area contributed by atoms with E-state index in [4.69, 9.17) is 10.00 Å². The van der Waals surface area contributed by atoms with Gasteiger partial charge in [0.1, 0.15) is 6.61 Å². The molecule has 1 N–H and O–H groups in total. The number of hydrogen-bond acceptors (Lipinski definition) is 4. The van der Waals surface area contributed by atoms with Gasteiger partial charge in [-0.3, -0.25) is 4.79 Å². The second-order valence-electron chi connectivity index (χ2n) is 6.29. The van der Waals surface area contributed by atoms with E-state index in [2.05, 4.69) is 25.2 Å². The molecule has 5 nitrogen and oxygen atoms in total. The third-order valence-electron chi connectivity index (χ3n) is 3.90. The van der Waals surface area contributed by atoms with E-state index in [-0.39, 0.29) is 17.9 Å². The van der Waals surface area contributed by atoms with Crippen molar-refractivity contribution in [2.45, 2.75) is 45.6 Å². The number of rotatable bonds is 7. The van der Waals surface area contributed by atoms with Gasteiger partial charge < -0.3 is 15.0 Å². The van der Waals surface area contributed by atoms with Gasteiger partial charge in [0.05, 0.1) is 6.07 Å². The van der Waals surface area contributed by atoms with Gasteiger partial charge in [-0.2, -0.15) is 5.26 Å². The first-order valence-corrected chi connectivity index (χ1v) is 7.35. The summed E-state index contributed by atoms with van der Waals surface area (Å²) in [6.07, 6.45) is 3.51. The summed E-state index contributed by atoms with van der Waals surface area (Å²) in [4.78, 5) is 13.6. The molecule has 1 rings (SSSR count). The van der Waals surface area contributed by atoms with Crippen LogP contribution in [0.4, 0.5) is 0 Å². The number of methoxy groups -OCH3 is 1. The van der Waals surface area contributed by atoms with E-state index < -0.39 is 0 Å². The van der Waals surface area contributed by atoms with Gasteiger partial charge in [0, 0.05) is 39.2 Å². The Kier molecular flexibility index (Phi) is 6.97. The van der Waals surface area contributed by atoms with E-state index in [0.717, 1.165) is 38.9 Å². The van der Waals surface area contributed by atoms with Crippen molar-refractivity contribution in [3.8, 4) is 6.07 Å². The zero-order valence-corrected chi connectivity index (χ0v) is 12.9. The number of piperidine rings is 1. The molecule has 1 aliphatic rings. The number of carbonyl (C=O) groups excluding carboxylic acids is 1. The molecule has 1 aliphatic heterocycles. The molecule has 114 valence electrons. The summed E-state index contributed by atoms with van der Waals surface area (Å²) >= 11 is 0. The Morgan fingerprint density at radius 3 is 2.65 bits per heavy atom. The van der Waals surface area contributed by atoms with Gasteiger partial charge in [-0.25, -0.2) is 0 Å². The molecule has 1 saturated heterocycles. The Morgan fingerprint density at radius 1 is 1.45 bits per heavy atom. The maximum Gasteiger partial charge on any atom is 0.248 e. The number of nitrogens with one attached hydrogen (secondary N) is 1. The number of carbonyl (C=O) groups is 1. The Balaban J connectivity index is 2.26. The third-order valence-corrected chi connectivity index (χ3v) is 3.90. The molecule has 1 fully saturated rings. The molecule has 0 aromatic rings. The Hall–Kier alpha value is -1.12. The first-order valence-electron chi connectivity index (χ1n) is 7.35. The topological polar surface area (TPSA) is 65.4 Å². The predicted molar refractivity (Wildman–Crippen MR) is 78.1 cm³/mol. The third kappa shape index (κ3) is 5.89. The first-order chi connectivity index (χ1) is 9.48. The second-order valence-corrected chi connectivity index (χ2v) is 6.29. The van der Waals surface area contributed by atoms with Crippen molar-refractivity contribution in [2.24, 2.45) is 5.41 Å². The minimum atomic E-state index is 0.0836. The summed E-state index contributed by atoms with van der Waals surface area (Å²) in [5.74, 6) is 0.0836. The van der Waals surface area contributed by atoms with Crippen LogP contribution in [-0.4, -0.2) is 50.2 Å². The van der Waals surface area contributed by atoms with Crippen LogP contribution in [0.1, 0.15) is 39.5 Å². The number of likely N-dealkylation sites (tertiary alicyclic amines) is 1. The fraction of sp³-hybridized carbons (Fsp3) is 0.867. The Bertz CT molecular complexity index is 342. The number of amides is 1. The fourth-order valence-electron chi connectivity index (χ4n) is 2.45. The lowest BCUT2D eigenvalue weighted by molar-refractivity contribution is -0.136. The van der Waals surface area contributed by atoms with E-state index in [9.17, 15) is 4.79 Å². The highest BCUT2D eigenvalue weighted by Crippen LogP contribution is 2.22. The number of ether oxygens (including phenoxy) is 1. The lowest BCUT2D eigenvalue weighted by atomic mass is 9.87. The van der Waals surface area contributed by atoms with Crippen LogP contribution in [0.25, 0.3) is 0 Å².